The minimum atomic E-state index is -0.00799. The van der Waals surface area contributed by atoms with Gasteiger partial charge in [-0.05, 0) is 37.3 Å². The molecule has 132 valence electrons. The van der Waals surface area contributed by atoms with Crippen molar-refractivity contribution in [3.63, 3.8) is 0 Å². The highest BCUT2D eigenvalue weighted by molar-refractivity contribution is 5.97. The van der Waals surface area contributed by atoms with Crippen molar-refractivity contribution in [1.82, 2.24) is 10.1 Å². The molecule has 1 amide bonds. The van der Waals surface area contributed by atoms with E-state index in [1.807, 2.05) is 39.0 Å². The first-order valence-electron chi connectivity index (χ1n) is 8.86. The van der Waals surface area contributed by atoms with Crippen LogP contribution in [-0.2, 0) is 4.79 Å². The molecule has 0 saturated carbocycles. The molecule has 0 unspecified atom stereocenters. The van der Waals surface area contributed by atoms with E-state index in [2.05, 4.69) is 34.5 Å². The van der Waals surface area contributed by atoms with Gasteiger partial charge in [0.1, 0.15) is 0 Å². The fourth-order valence-electron chi connectivity index (χ4n) is 3.12. The first-order chi connectivity index (χ1) is 12.0. The number of carbonyl (C=O) groups is 1. The van der Waals surface area contributed by atoms with Crippen LogP contribution in [0.4, 0.5) is 5.69 Å². The molecule has 2 aromatic rings. The van der Waals surface area contributed by atoms with Gasteiger partial charge in [-0.15, -0.1) is 0 Å². The summed E-state index contributed by atoms with van der Waals surface area (Å²) < 4.78 is 5.43. The third-order valence-electron chi connectivity index (χ3n) is 4.80. The van der Waals surface area contributed by atoms with Gasteiger partial charge in [-0.2, -0.15) is 4.98 Å². The second-order valence-electron chi connectivity index (χ2n) is 7.13. The summed E-state index contributed by atoms with van der Waals surface area (Å²) in [5, 5.41) is 7.15. The first-order valence-corrected chi connectivity index (χ1v) is 8.86. The van der Waals surface area contributed by atoms with Crippen LogP contribution in [0, 0.1) is 18.8 Å². The Hall–Kier alpha value is -2.43. The van der Waals surface area contributed by atoms with Gasteiger partial charge >= 0.3 is 0 Å². The standard InChI is InChI=1S/C20H25N3O2/c1-12(2)18-22-20(25-23-18)16-11-7-9-14(4)17(16)21-19(24)15-10-6-5-8-13(15)3/h5-7,9,11-13,15H,8,10H2,1-4H3,(H,21,24)/t13-,15-/m1/s1. The van der Waals surface area contributed by atoms with Crippen LogP contribution < -0.4 is 5.32 Å². The van der Waals surface area contributed by atoms with Crippen molar-refractivity contribution in [2.45, 2.75) is 46.5 Å². The van der Waals surface area contributed by atoms with Crippen LogP contribution in [0.15, 0.2) is 34.9 Å². The summed E-state index contributed by atoms with van der Waals surface area (Å²) in [5.41, 5.74) is 2.51. The smallest absolute Gasteiger partial charge is 0.260 e. The molecule has 0 aliphatic heterocycles. The first kappa shape index (κ1) is 17.4. The molecule has 3 rings (SSSR count). The van der Waals surface area contributed by atoms with Crippen LogP contribution in [0.1, 0.15) is 50.9 Å². The maximum absolute atomic E-state index is 12.8. The Labute approximate surface area is 148 Å². The summed E-state index contributed by atoms with van der Waals surface area (Å²) in [4.78, 5) is 17.3. The molecule has 1 aromatic carbocycles. The number of rotatable bonds is 4. The molecular formula is C20H25N3O2. The van der Waals surface area contributed by atoms with E-state index in [0.29, 0.717) is 17.6 Å². The lowest BCUT2D eigenvalue weighted by Gasteiger charge is -2.25. The number of para-hydroxylation sites is 1. The number of benzene rings is 1. The van der Waals surface area contributed by atoms with Crippen molar-refractivity contribution in [2.24, 2.45) is 11.8 Å². The number of nitrogens with one attached hydrogen (secondary N) is 1. The Morgan fingerprint density at radius 2 is 2.04 bits per heavy atom. The van der Waals surface area contributed by atoms with Gasteiger partial charge in [-0.3, -0.25) is 4.79 Å². The zero-order valence-corrected chi connectivity index (χ0v) is 15.2. The van der Waals surface area contributed by atoms with E-state index in [0.717, 1.165) is 29.7 Å². The predicted octanol–water partition coefficient (Wildman–Crippen LogP) is 4.71. The van der Waals surface area contributed by atoms with Gasteiger partial charge in [-0.25, -0.2) is 0 Å². The molecular weight excluding hydrogens is 314 g/mol. The van der Waals surface area contributed by atoms with Gasteiger partial charge in [0, 0.05) is 11.8 Å². The summed E-state index contributed by atoms with van der Waals surface area (Å²) in [7, 11) is 0. The maximum atomic E-state index is 12.8. The second kappa shape index (κ2) is 7.21. The zero-order chi connectivity index (χ0) is 18.0. The van der Waals surface area contributed by atoms with Crippen LogP contribution in [-0.4, -0.2) is 16.0 Å². The number of allylic oxidation sites excluding steroid dienone is 2. The number of aryl methyl sites for hydroxylation is 1. The third kappa shape index (κ3) is 3.65. The van der Waals surface area contributed by atoms with Gasteiger partial charge in [0.05, 0.1) is 11.3 Å². The predicted molar refractivity (Wildman–Crippen MR) is 98.2 cm³/mol. The van der Waals surface area contributed by atoms with E-state index in [1.165, 1.54) is 0 Å². The minimum absolute atomic E-state index is 0.00799. The summed E-state index contributed by atoms with van der Waals surface area (Å²) in [5.74, 6) is 1.69. The van der Waals surface area contributed by atoms with Crippen molar-refractivity contribution in [3.8, 4) is 11.5 Å². The summed E-state index contributed by atoms with van der Waals surface area (Å²) in [6.45, 7) is 8.14. The van der Waals surface area contributed by atoms with E-state index in [-0.39, 0.29) is 17.7 Å². The van der Waals surface area contributed by atoms with Crippen molar-refractivity contribution in [2.75, 3.05) is 5.32 Å². The van der Waals surface area contributed by atoms with Gasteiger partial charge in [-0.1, -0.05) is 50.2 Å². The SMILES string of the molecule is Cc1cccc(-c2nc(C(C)C)no2)c1NC(=O)[C@@H]1CC=CC[C@H]1C. The van der Waals surface area contributed by atoms with E-state index in [1.54, 1.807) is 0 Å². The summed E-state index contributed by atoms with van der Waals surface area (Å²) in [6.07, 6.45) is 5.97. The molecule has 2 atom stereocenters. The third-order valence-corrected chi connectivity index (χ3v) is 4.80. The molecule has 0 bridgehead atoms. The molecule has 25 heavy (non-hydrogen) atoms. The number of nitrogens with zero attached hydrogens (tertiary/aromatic N) is 2. The Bertz CT molecular complexity index is 792. The highest BCUT2D eigenvalue weighted by Gasteiger charge is 2.27. The van der Waals surface area contributed by atoms with Crippen LogP contribution in [0.3, 0.4) is 0 Å². The molecule has 0 radical (unpaired) electrons. The van der Waals surface area contributed by atoms with Crippen molar-refractivity contribution >= 4 is 11.6 Å². The van der Waals surface area contributed by atoms with E-state index >= 15 is 0 Å². The van der Waals surface area contributed by atoms with E-state index in [4.69, 9.17) is 4.52 Å². The summed E-state index contributed by atoms with van der Waals surface area (Å²) in [6, 6.07) is 5.82. The fourth-order valence-corrected chi connectivity index (χ4v) is 3.12. The highest BCUT2D eigenvalue weighted by atomic mass is 16.5. The van der Waals surface area contributed by atoms with Crippen molar-refractivity contribution in [1.29, 1.82) is 0 Å². The van der Waals surface area contributed by atoms with Crippen LogP contribution in [0.5, 0.6) is 0 Å². The lowest BCUT2D eigenvalue weighted by atomic mass is 9.83. The molecule has 1 aromatic heterocycles. The van der Waals surface area contributed by atoms with E-state index < -0.39 is 0 Å². The lowest BCUT2D eigenvalue weighted by Crippen LogP contribution is -2.29. The quantitative estimate of drug-likeness (QED) is 0.819. The average molecular weight is 339 g/mol. The van der Waals surface area contributed by atoms with Crippen molar-refractivity contribution < 1.29 is 9.32 Å². The van der Waals surface area contributed by atoms with Crippen LogP contribution in [0.25, 0.3) is 11.5 Å². The van der Waals surface area contributed by atoms with Gasteiger partial charge in [0.2, 0.25) is 5.91 Å². The molecule has 1 heterocycles. The van der Waals surface area contributed by atoms with Crippen LogP contribution in [0.2, 0.25) is 0 Å². The Balaban J connectivity index is 1.90. The normalized spacial score (nSPS) is 20.0. The second-order valence-corrected chi connectivity index (χ2v) is 7.13. The van der Waals surface area contributed by atoms with E-state index in [9.17, 15) is 4.79 Å². The maximum Gasteiger partial charge on any atom is 0.260 e. The number of hydrogen-bond acceptors (Lipinski definition) is 4. The highest BCUT2D eigenvalue weighted by Crippen LogP contribution is 2.32. The topological polar surface area (TPSA) is 68.0 Å². The molecule has 1 aliphatic carbocycles. The molecule has 5 heteroatoms. The number of hydrogen-bond donors (Lipinski definition) is 1. The lowest BCUT2D eigenvalue weighted by molar-refractivity contribution is -0.121. The molecule has 1 N–H and O–H groups in total. The Kier molecular flexibility index (Phi) is 5.02. The zero-order valence-electron chi connectivity index (χ0n) is 15.2. The Morgan fingerprint density at radius 1 is 1.28 bits per heavy atom. The molecule has 0 fully saturated rings. The molecule has 5 nitrogen and oxygen atoms in total. The minimum Gasteiger partial charge on any atom is -0.334 e. The number of anilines is 1. The fraction of sp³-hybridized carbons (Fsp3) is 0.450. The average Bonchev–Trinajstić information content (AvgIpc) is 3.07. The van der Waals surface area contributed by atoms with Gasteiger partial charge in [0.15, 0.2) is 5.82 Å². The number of carbonyl (C=O) groups excluding carboxylic acids is 1. The monoisotopic (exact) mass is 339 g/mol. The summed E-state index contributed by atoms with van der Waals surface area (Å²) >= 11 is 0. The molecule has 0 spiro atoms. The van der Waals surface area contributed by atoms with Gasteiger partial charge < -0.3 is 9.84 Å². The largest absolute Gasteiger partial charge is 0.334 e. The Morgan fingerprint density at radius 3 is 2.72 bits per heavy atom. The number of aromatic nitrogens is 2. The van der Waals surface area contributed by atoms with Crippen LogP contribution >= 0.6 is 0 Å². The molecule has 1 aliphatic rings. The molecule has 0 saturated heterocycles. The van der Waals surface area contributed by atoms with Crippen molar-refractivity contribution in [3.05, 3.63) is 41.7 Å². The number of amides is 1. The van der Waals surface area contributed by atoms with Gasteiger partial charge in [0.25, 0.3) is 5.89 Å².